The van der Waals surface area contributed by atoms with Crippen molar-refractivity contribution in [2.75, 3.05) is 17.3 Å². The molecule has 29 heavy (non-hydrogen) atoms. The van der Waals surface area contributed by atoms with Gasteiger partial charge in [-0.3, -0.25) is 20.3 Å². The fourth-order valence-corrected chi connectivity index (χ4v) is 3.85. The van der Waals surface area contributed by atoms with Crippen molar-refractivity contribution in [2.45, 2.75) is 24.7 Å². The van der Waals surface area contributed by atoms with Gasteiger partial charge in [0.15, 0.2) is 0 Å². The fourth-order valence-electron chi connectivity index (χ4n) is 2.77. The number of nitrogens with zero attached hydrogens (tertiary/aromatic N) is 2. The third-order valence-electron chi connectivity index (χ3n) is 4.33. The third kappa shape index (κ3) is 4.91. The summed E-state index contributed by atoms with van der Waals surface area (Å²) in [6.45, 7) is 1.99. The molecule has 0 saturated heterocycles. The Morgan fingerprint density at radius 1 is 1.14 bits per heavy atom. The minimum absolute atomic E-state index is 0.115. The van der Waals surface area contributed by atoms with Crippen molar-refractivity contribution in [3.05, 3.63) is 64.2 Å². The van der Waals surface area contributed by atoms with Crippen LogP contribution in [0.3, 0.4) is 0 Å². The second kappa shape index (κ2) is 8.31. The van der Waals surface area contributed by atoms with Gasteiger partial charge in [-0.25, -0.2) is 8.42 Å². The number of hydrogen-bond acceptors (Lipinski definition) is 7. The zero-order valence-electron chi connectivity index (χ0n) is 15.9. The van der Waals surface area contributed by atoms with Crippen molar-refractivity contribution >= 4 is 32.8 Å². The molecule has 0 saturated carbocycles. The molecule has 10 heteroatoms. The van der Waals surface area contributed by atoms with Crippen LogP contribution >= 0.6 is 0 Å². The largest absolute Gasteiger partial charge is 0.497 e. The van der Waals surface area contributed by atoms with Crippen LogP contribution in [0.25, 0.3) is 0 Å². The van der Waals surface area contributed by atoms with Gasteiger partial charge in [-0.05, 0) is 62.2 Å². The SMILES string of the molecule is COc1ccc(NS(=O)(=O)c2ccc(NN=C3C=C(C)CC3)c([N+](=O)[O-])c2)cc1. The maximum atomic E-state index is 12.6. The zero-order chi connectivity index (χ0) is 21.0. The maximum Gasteiger partial charge on any atom is 0.295 e. The standard InChI is InChI=1S/C19H20N4O5S/c1-13-3-4-15(11-13)20-21-18-10-9-17(12-19(18)23(24)25)29(26,27)22-14-5-7-16(28-2)8-6-14/h5-12,21-22H,3-4H2,1-2H3. The second-order valence-corrected chi connectivity index (χ2v) is 8.16. The number of ether oxygens (including phenoxy) is 1. The summed E-state index contributed by atoms with van der Waals surface area (Å²) in [4.78, 5) is 10.6. The molecular weight excluding hydrogens is 396 g/mol. The number of benzene rings is 2. The van der Waals surface area contributed by atoms with E-state index in [9.17, 15) is 18.5 Å². The Labute approximate surface area is 168 Å². The van der Waals surface area contributed by atoms with Crippen LogP contribution in [0.1, 0.15) is 19.8 Å². The maximum absolute atomic E-state index is 12.6. The normalized spacial score (nSPS) is 15.1. The minimum atomic E-state index is -4.01. The Bertz CT molecular complexity index is 1090. The van der Waals surface area contributed by atoms with Crippen molar-refractivity contribution in [1.82, 2.24) is 0 Å². The van der Waals surface area contributed by atoms with E-state index in [0.717, 1.165) is 24.6 Å². The predicted molar refractivity (Wildman–Crippen MR) is 111 cm³/mol. The van der Waals surface area contributed by atoms with Crippen LogP contribution < -0.4 is 14.9 Å². The molecule has 1 aliphatic rings. The number of nitro groups is 1. The van der Waals surface area contributed by atoms with Gasteiger partial charge in [-0.2, -0.15) is 5.10 Å². The first-order chi connectivity index (χ1) is 13.8. The van der Waals surface area contributed by atoms with Crippen molar-refractivity contribution in [3.63, 3.8) is 0 Å². The minimum Gasteiger partial charge on any atom is -0.497 e. The Morgan fingerprint density at radius 3 is 2.45 bits per heavy atom. The lowest BCUT2D eigenvalue weighted by Gasteiger charge is -2.10. The van der Waals surface area contributed by atoms with Crippen LogP contribution in [-0.2, 0) is 10.0 Å². The van der Waals surface area contributed by atoms with Crippen LogP contribution in [0.5, 0.6) is 5.75 Å². The number of hydrazone groups is 1. The van der Waals surface area contributed by atoms with Gasteiger partial charge in [0.05, 0.1) is 22.6 Å². The van der Waals surface area contributed by atoms with Crippen molar-refractivity contribution < 1.29 is 18.1 Å². The highest BCUT2D eigenvalue weighted by atomic mass is 32.2. The lowest BCUT2D eigenvalue weighted by atomic mass is 10.3. The van der Waals surface area contributed by atoms with E-state index in [0.29, 0.717) is 11.4 Å². The number of allylic oxidation sites excluding steroid dienone is 2. The molecule has 0 spiro atoms. The average Bonchev–Trinajstić information content (AvgIpc) is 3.11. The van der Waals surface area contributed by atoms with Crippen molar-refractivity contribution in [1.29, 1.82) is 0 Å². The number of sulfonamides is 1. The zero-order valence-corrected chi connectivity index (χ0v) is 16.7. The highest BCUT2D eigenvalue weighted by Gasteiger charge is 2.22. The summed E-state index contributed by atoms with van der Waals surface area (Å²) in [5, 5.41) is 15.6. The lowest BCUT2D eigenvalue weighted by molar-refractivity contribution is -0.384. The van der Waals surface area contributed by atoms with Gasteiger partial charge in [0.2, 0.25) is 0 Å². The summed E-state index contributed by atoms with van der Waals surface area (Å²) in [5.41, 5.74) is 4.69. The molecule has 0 unspecified atom stereocenters. The van der Waals surface area contributed by atoms with E-state index >= 15 is 0 Å². The number of anilines is 2. The molecule has 0 fully saturated rings. The molecule has 0 atom stereocenters. The average molecular weight is 416 g/mol. The number of hydrogen-bond donors (Lipinski definition) is 2. The molecule has 0 aliphatic heterocycles. The number of methoxy groups -OCH3 is 1. The lowest BCUT2D eigenvalue weighted by Crippen LogP contribution is -2.13. The van der Waals surface area contributed by atoms with E-state index in [1.54, 1.807) is 12.1 Å². The molecule has 2 N–H and O–H groups in total. The molecular formula is C19H20N4O5S. The van der Waals surface area contributed by atoms with E-state index in [1.807, 2.05) is 13.0 Å². The number of rotatable bonds is 7. The molecule has 3 rings (SSSR count). The van der Waals surface area contributed by atoms with E-state index in [1.165, 1.54) is 36.9 Å². The third-order valence-corrected chi connectivity index (χ3v) is 5.71. The summed E-state index contributed by atoms with van der Waals surface area (Å²) in [6.07, 6.45) is 3.57. The quantitative estimate of drug-likeness (QED) is 0.521. The molecule has 152 valence electrons. The molecule has 1 aliphatic carbocycles. The summed E-state index contributed by atoms with van der Waals surface area (Å²) in [7, 11) is -2.51. The molecule has 0 heterocycles. The second-order valence-electron chi connectivity index (χ2n) is 6.48. The Kier molecular flexibility index (Phi) is 5.83. The fraction of sp³-hybridized carbons (Fsp3) is 0.211. The van der Waals surface area contributed by atoms with Gasteiger partial charge in [0.1, 0.15) is 11.4 Å². The first-order valence-corrected chi connectivity index (χ1v) is 10.2. The summed E-state index contributed by atoms with van der Waals surface area (Å²) < 4.78 is 32.7. The van der Waals surface area contributed by atoms with Gasteiger partial charge in [0.25, 0.3) is 15.7 Å². The Balaban J connectivity index is 1.85. The molecule has 2 aromatic carbocycles. The van der Waals surface area contributed by atoms with Crippen LogP contribution in [-0.4, -0.2) is 26.2 Å². The molecule has 2 aromatic rings. The van der Waals surface area contributed by atoms with Gasteiger partial charge in [-0.1, -0.05) is 5.57 Å². The Hall–Kier alpha value is -3.40. The van der Waals surface area contributed by atoms with Gasteiger partial charge < -0.3 is 4.74 Å². The molecule has 0 radical (unpaired) electrons. The number of nitrogens with one attached hydrogen (secondary N) is 2. The highest BCUT2D eigenvalue weighted by Crippen LogP contribution is 2.29. The van der Waals surface area contributed by atoms with Gasteiger partial charge >= 0.3 is 0 Å². The number of nitro benzene ring substituents is 1. The van der Waals surface area contributed by atoms with E-state index in [2.05, 4.69) is 15.2 Å². The van der Waals surface area contributed by atoms with Gasteiger partial charge in [0, 0.05) is 11.8 Å². The molecule has 9 nitrogen and oxygen atoms in total. The van der Waals surface area contributed by atoms with Crippen LogP contribution in [0.2, 0.25) is 0 Å². The van der Waals surface area contributed by atoms with Crippen LogP contribution in [0.4, 0.5) is 17.1 Å². The van der Waals surface area contributed by atoms with Crippen molar-refractivity contribution in [3.8, 4) is 5.75 Å². The van der Waals surface area contributed by atoms with Crippen LogP contribution in [0, 0.1) is 10.1 Å². The summed E-state index contributed by atoms with van der Waals surface area (Å²) in [5.74, 6) is 0.577. The summed E-state index contributed by atoms with van der Waals surface area (Å²) >= 11 is 0. The highest BCUT2D eigenvalue weighted by molar-refractivity contribution is 7.92. The molecule has 0 aromatic heterocycles. The predicted octanol–water partition coefficient (Wildman–Crippen LogP) is 3.91. The van der Waals surface area contributed by atoms with Crippen molar-refractivity contribution in [2.24, 2.45) is 5.10 Å². The Morgan fingerprint density at radius 2 is 1.86 bits per heavy atom. The molecule has 0 bridgehead atoms. The summed E-state index contributed by atoms with van der Waals surface area (Å²) in [6, 6.07) is 9.90. The molecule has 0 amide bonds. The van der Waals surface area contributed by atoms with E-state index in [-0.39, 0.29) is 16.3 Å². The van der Waals surface area contributed by atoms with E-state index in [4.69, 9.17) is 4.74 Å². The van der Waals surface area contributed by atoms with E-state index < -0.39 is 14.9 Å². The smallest absolute Gasteiger partial charge is 0.295 e. The topological polar surface area (TPSA) is 123 Å². The monoisotopic (exact) mass is 416 g/mol. The first-order valence-electron chi connectivity index (χ1n) is 8.73. The van der Waals surface area contributed by atoms with Gasteiger partial charge in [-0.15, -0.1) is 0 Å². The van der Waals surface area contributed by atoms with Crippen LogP contribution in [0.15, 0.2) is 64.1 Å². The first kappa shape index (κ1) is 20.3.